The molecule has 4 atom stereocenters. The highest BCUT2D eigenvalue weighted by Crippen LogP contribution is 2.40. The van der Waals surface area contributed by atoms with Gasteiger partial charge in [-0.05, 0) is 87.0 Å². The number of hydrogen-bond acceptors (Lipinski definition) is 13. The quantitative estimate of drug-likeness (QED) is 0.0749. The number of nitrogens with one attached hydrogen (secondary N) is 4. The number of amides is 5. The number of fused-ring (bicyclic) bond motifs is 5. The summed E-state index contributed by atoms with van der Waals surface area (Å²) in [5, 5.41) is 19.9. The number of carbonyl (C=O) groups excluding carboxylic acids is 5. The second kappa shape index (κ2) is 23.3. The maximum Gasteiger partial charge on any atom is 0.255 e. The van der Waals surface area contributed by atoms with Crippen molar-refractivity contribution in [1.82, 2.24) is 36.1 Å². The monoisotopic (exact) mass is 903 g/mol. The van der Waals surface area contributed by atoms with Gasteiger partial charge in [0.15, 0.2) is 5.82 Å². The molecule has 1 aliphatic rings. The van der Waals surface area contributed by atoms with Crippen LogP contribution in [0, 0.1) is 31.1 Å². The molecule has 0 fully saturated rings. The average molecular weight is 904 g/mol. The molecule has 4 bridgehead atoms. The minimum Gasteiger partial charge on any atom is -0.492 e. The zero-order valence-corrected chi connectivity index (χ0v) is 38.4. The Morgan fingerprint density at radius 2 is 1.50 bits per heavy atom. The van der Waals surface area contributed by atoms with E-state index >= 15 is 0 Å². The highest BCUT2D eigenvalue weighted by atomic mass is 16.5. The Hall–Kier alpha value is -6.94. The van der Waals surface area contributed by atoms with Gasteiger partial charge in [-0.2, -0.15) is 5.26 Å². The largest absolute Gasteiger partial charge is 0.492 e. The van der Waals surface area contributed by atoms with Crippen molar-refractivity contribution in [2.75, 3.05) is 46.4 Å². The van der Waals surface area contributed by atoms with Gasteiger partial charge in [-0.15, -0.1) is 0 Å². The van der Waals surface area contributed by atoms with E-state index in [-0.39, 0.29) is 57.8 Å². The lowest BCUT2D eigenvalue weighted by atomic mass is 9.93. The summed E-state index contributed by atoms with van der Waals surface area (Å²) in [4.78, 5) is 81.0. The van der Waals surface area contributed by atoms with Crippen LogP contribution in [-0.2, 0) is 32.0 Å². The Bertz CT molecular complexity index is 2410. The summed E-state index contributed by atoms with van der Waals surface area (Å²) in [6, 6.07) is 15.0. The number of nitrogens with zero attached hydrogens (tertiary/aromatic N) is 4. The molecular formula is C48H61N11O7. The third-order valence-corrected chi connectivity index (χ3v) is 11.0. The first-order valence-electron chi connectivity index (χ1n) is 22.0. The molecule has 5 rings (SSSR count). The van der Waals surface area contributed by atoms with Crippen LogP contribution >= 0.6 is 0 Å². The van der Waals surface area contributed by atoms with Crippen LogP contribution in [0.4, 0.5) is 0 Å². The summed E-state index contributed by atoms with van der Waals surface area (Å²) < 4.78 is 12.2. The zero-order chi connectivity index (χ0) is 48.1. The lowest BCUT2D eigenvalue weighted by molar-refractivity contribution is -0.141. The average Bonchev–Trinajstić information content (AvgIpc) is 3.28. The molecule has 1 aromatic heterocycles. The Balaban J connectivity index is 1.56. The summed E-state index contributed by atoms with van der Waals surface area (Å²) >= 11 is 0. The second-order valence-corrected chi connectivity index (χ2v) is 16.6. The molecule has 18 heteroatoms. The standard InChI is InChI=1S/C48H61N11O7/c1-27(2)23-31-7-10-33(11-8-31)43-54-28(3)41(29(4)55-43)46(62)57-37(15-16-49)48(64)59(6)42-34-12-14-40(66-22-19-52)36(26-34)35-24-32(9-13-39(35)65-21-18-51)25-38(45(61)53-20-17-50)58-44(60)30(5)56-47(42)63/h7-14,24,26-27,30,37-38,42H,15-16,18-23,25,49,51-52H2,1-6H3,(H,53,61)(H,56,63)(H,57,62)(H,58,60)/t30-,37-,38-,42-/m0/s1. The number of nitrogens with two attached hydrogens (primary N) is 3. The van der Waals surface area contributed by atoms with Crippen LogP contribution in [0.1, 0.15) is 71.7 Å². The van der Waals surface area contributed by atoms with Gasteiger partial charge in [0.2, 0.25) is 23.6 Å². The third kappa shape index (κ3) is 12.4. The number of benzene rings is 3. The van der Waals surface area contributed by atoms with Gasteiger partial charge in [-0.3, -0.25) is 24.0 Å². The number of aryl methyl sites for hydroxylation is 2. The minimum atomic E-state index is -1.40. The molecule has 2 heterocycles. The smallest absolute Gasteiger partial charge is 0.255 e. The molecule has 5 amide bonds. The van der Waals surface area contributed by atoms with Crippen molar-refractivity contribution >= 4 is 29.5 Å². The van der Waals surface area contributed by atoms with E-state index in [1.807, 2.05) is 30.3 Å². The number of carbonyl (C=O) groups is 5. The topological polar surface area (TPSA) is 283 Å². The molecule has 0 aliphatic carbocycles. The van der Waals surface area contributed by atoms with E-state index < -0.39 is 53.7 Å². The van der Waals surface area contributed by atoms with Crippen molar-refractivity contribution in [1.29, 1.82) is 5.26 Å². The summed E-state index contributed by atoms with van der Waals surface area (Å²) in [7, 11) is 1.42. The van der Waals surface area contributed by atoms with Crippen LogP contribution in [-0.4, -0.2) is 109 Å². The van der Waals surface area contributed by atoms with Crippen LogP contribution in [0.5, 0.6) is 11.5 Å². The number of hydrogen-bond donors (Lipinski definition) is 7. The van der Waals surface area contributed by atoms with Crippen molar-refractivity contribution in [3.8, 4) is 40.1 Å². The molecule has 66 heavy (non-hydrogen) atoms. The fourth-order valence-corrected chi connectivity index (χ4v) is 7.80. The van der Waals surface area contributed by atoms with E-state index in [1.54, 1.807) is 50.2 Å². The summed E-state index contributed by atoms with van der Waals surface area (Å²) in [5.41, 5.74) is 22.6. The molecule has 1 aliphatic heterocycles. The molecule has 0 spiro atoms. The number of likely N-dealkylation sites (N-methyl/N-ethyl adjacent to an activating group) is 1. The van der Waals surface area contributed by atoms with Crippen LogP contribution < -0.4 is 47.9 Å². The van der Waals surface area contributed by atoms with Crippen molar-refractivity contribution in [3.63, 3.8) is 0 Å². The first-order valence-corrected chi connectivity index (χ1v) is 22.0. The number of aromatic nitrogens is 2. The van der Waals surface area contributed by atoms with E-state index in [9.17, 15) is 24.0 Å². The molecule has 0 unspecified atom stereocenters. The van der Waals surface area contributed by atoms with Gasteiger partial charge in [-0.25, -0.2) is 9.97 Å². The van der Waals surface area contributed by atoms with E-state index in [0.717, 1.165) is 12.0 Å². The third-order valence-electron chi connectivity index (χ3n) is 11.0. The van der Waals surface area contributed by atoms with Gasteiger partial charge in [-0.1, -0.05) is 50.2 Å². The van der Waals surface area contributed by atoms with Gasteiger partial charge in [0.1, 0.15) is 55.4 Å². The van der Waals surface area contributed by atoms with Crippen LogP contribution in [0.25, 0.3) is 22.5 Å². The molecule has 3 aromatic carbocycles. The predicted octanol–water partition coefficient (Wildman–Crippen LogP) is 2.13. The van der Waals surface area contributed by atoms with Gasteiger partial charge in [0, 0.05) is 43.2 Å². The molecule has 4 aromatic rings. The molecular weight excluding hydrogens is 843 g/mol. The van der Waals surface area contributed by atoms with Gasteiger partial charge < -0.3 is 52.8 Å². The maximum atomic E-state index is 14.7. The highest BCUT2D eigenvalue weighted by Gasteiger charge is 2.36. The fraction of sp³-hybridized carbons (Fsp3) is 0.417. The molecule has 10 N–H and O–H groups in total. The second-order valence-electron chi connectivity index (χ2n) is 16.6. The zero-order valence-electron chi connectivity index (χ0n) is 38.4. The lowest BCUT2D eigenvalue weighted by Crippen LogP contribution is -2.56. The van der Waals surface area contributed by atoms with Crippen molar-refractivity contribution in [2.45, 2.75) is 78.0 Å². The van der Waals surface area contributed by atoms with Crippen LogP contribution in [0.15, 0.2) is 60.7 Å². The molecule has 0 saturated carbocycles. The van der Waals surface area contributed by atoms with Gasteiger partial charge in [0.25, 0.3) is 5.91 Å². The van der Waals surface area contributed by atoms with E-state index in [4.69, 9.17) is 31.9 Å². The molecule has 0 radical (unpaired) electrons. The summed E-state index contributed by atoms with van der Waals surface area (Å²) in [6.45, 7) is 9.52. The Labute approximate surface area is 385 Å². The number of ether oxygens (including phenoxy) is 2. The van der Waals surface area contributed by atoms with E-state index in [0.29, 0.717) is 56.9 Å². The van der Waals surface area contributed by atoms with E-state index in [1.165, 1.54) is 24.4 Å². The number of rotatable bonds is 17. The molecule has 0 saturated heterocycles. The highest BCUT2D eigenvalue weighted by molar-refractivity contribution is 6.00. The van der Waals surface area contributed by atoms with Gasteiger partial charge in [0.05, 0.1) is 23.0 Å². The normalized spacial score (nSPS) is 16.5. The van der Waals surface area contributed by atoms with Gasteiger partial charge >= 0.3 is 0 Å². The maximum absolute atomic E-state index is 14.7. The Morgan fingerprint density at radius 3 is 2.09 bits per heavy atom. The van der Waals surface area contributed by atoms with Crippen LogP contribution in [0.2, 0.25) is 0 Å². The van der Waals surface area contributed by atoms with Crippen molar-refractivity contribution in [3.05, 3.63) is 94.3 Å². The Morgan fingerprint density at radius 1 is 0.879 bits per heavy atom. The van der Waals surface area contributed by atoms with E-state index in [2.05, 4.69) is 45.1 Å². The fourth-order valence-electron chi connectivity index (χ4n) is 7.80. The molecule has 18 nitrogen and oxygen atoms in total. The van der Waals surface area contributed by atoms with Crippen molar-refractivity contribution in [2.24, 2.45) is 23.1 Å². The van der Waals surface area contributed by atoms with Crippen LogP contribution in [0.3, 0.4) is 0 Å². The first kappa shape index (κ1) is 50.1. The predicted molar refractivity (Wildman–Crippen MR) is 249 cm³/mol. The summed E-state index contributed by atoms with van der Waals surface area (Å²) in [6.07, 6.45) is 0.939. The SMILES string of the molecule is Cc1nc(-c2ccc(CC(C)C)cc2)nc(C)c1C(=O)N[C@@H](CCN)C(=O)N(C)[C@@H]1C(=O)N[C@@H](C)C(=O)N[C@H](C(=O)NCC#N)Cc2ccc(OCCN)c(c2)-c2cc1ccc2OCCN. The Kier molecular flexibility index (Phi) is 17.7. The first-order chi connectivity index (χ1) is 31.6. The number of nitriles is 1. The lowest BCUT2D eigenvalue weighted by Gasteiger charge is -2.32. The minimum absolute atomic E-state index is 0.00115. The molecule has 350 valence electrons. The van der Waals surface area contributed by atoms with Crippen molar-refractivity contribution < 1.29 is 33.4 Å². The summed E-state index contributed by atoms with van der Waals surface area (Å²) in [5.74, 6) is -1.61.